The Morgan fingerprint density at radius 1 is 0.903 bits per heavy atom. The number of hydrogen-bond donors (Lipinski definition) is 0. The van der Waals surface area contributed by atoms with Gasteiger partial charge >= 0.3 is 0 Å². The first-order valence-corrected chi connectivity index (χ1v) is 10.6. The first kappa shape index (κ1) is 27.6. The van der Waals surface area contributed by atoms with Crippen molar-refractivity contribution in [2.24, 2.45) is 7.05 Å². The van der Waals surface area contributed by atoms with Crippen molar-refractivity contribution in [3.8, 4) is 5.75 Å². The molecule has 7 heteroatoms. The van der Waals surface area contributed by atoms with Crippen LogP contribution < -0.4 is 4.74 Å². The summed E-state index contributed by atoms with van der Waals surface area (Å²) in [4.78, 5) is 4.67. The van der Waals surface area contributed by atoms with Crippen molar-refractivity contribution in [1.29, 1.82) is 0 Å². The monoisotopic (exact) mass is 485 g/mol. The van der Waals surface area contributed by atoms with Crippen LogP contribution in [0, 0.1) is 0 Å². The van der Waals surface area contributed by atoms with E-state index in [-0.39, 0.29) is 24.8 Å². The van der Waals surface area contributed by atoms with Gasteiger partial charge in [-0.2, -0.15) is 0 Å². The van der Waals surface area contributed by atoms with Gasteiger partial charge in [-0.15, -0.1) is 24.8 Å². The van der Waals surface area contributed by atoms with Gasteiger partial charge in [0.1, 0.15) is 12.4 Å². The summed E-state index contributed by atoms with van der Waals surface area (Å²) in [5.41, 5.74) is 3.88. The van der Waals surface area contributed by atoms with E-state index in [1.807, 2.05) is 24.3 Å². The molecule has 172 valence electrons. The Bertz CT molecular complexity index is 926. The van der Waals surface area contributed by atoms with Gasteiger partial charge in [0.05, 0.1) is 5.69 Å². The number of aromatic nitrogens is 1. The lowest BCUT2D eigenvalue weighted by molar-refractivity contribution is 0.291. The molecule has 0 bridgehead atoms. The zero-order valence-electron chi connectivity index (χ0n) is 18.8. The quantitative estimate of drug-likeness (QED) is 0.368. The number of fused-ring (bicyclic) bond motifs is 1. The molecular formula is C24H34Cl3N3O. The minimum absolute atomic E-state index is 0. The third-order valence-electron chi connectivity index (χ3n) is 5.42. The lowest BCUT2D eigenvalue weighted by Crippen LogP contribution is -2.26. The van der Waals surface area contributed by atoms with Crippen LogP contribution in [0.3, 0.4) is 0 Å². The zero-order chi connectivity index (χ0) is 20.8. The van der Waals surface area contributed by atoms with Crippen LogP contribution >= 0.6 is 36.4 Å². The van der Waals surface area contributed by atoms with Gasteiger partial charge < -0.3 is 19.1 Å². The molecule has 0 aliphatic carbocycles. The normalized spacial score (nSPS) is 10.9. The summed E-state index contributed by atoms with van der Waals surface area (Å²) in [5.74, 6) is 0.839. The van der Waals surface area contributed by atoms with Gasteiger partial charge in [-0.1, -0.05) is 29.8 Å². The van der Waals surface area contributed by atoms with E-state index < -0.39 is 0 Å². The van der Waals surface area contributed by atoms with Crippen molar-refractivity contribution in [3.63, 3.8) is 0 Å². The van der Waals surface area contributed by atoms with Crippen LogP contribution in [0.5, 0.6) is 5.75 Å². The maximum absolute atomic E-state index is 6.10. The second-order valence-corrected chi connectivity index (χ2v) is 8.39. The number of rotatable bonds is 10. The van der Waals surface area contributed by atoms with E-state index >= 15 is 0 Å². The average Bonchev–Trinajstić information content (AvgIpc) is 2.97. The molecule has 0 aliphatic rings. The molecule has 0 fully saturated rings. The summed E-state index contributed by atoms with van der Waals surface area (Å²) in [5, 5.41) is 2.05. The number of halogens is 3. The van der Waals surface area contributed by atoms with Gasteiger partial charge in [-0.3, -0.25) is 0 Å². The minimum atomic E-state index is 0. The van der Waals surface area contributed by atoms with E-state index in [0.29, 0.717) is 6.61 Å². The Balaban J connectivity index is 0.00000240. The molecule has 4 nitrogen and oxygen atoms in total. The van der Waals surface area contributed by atoms with Gasteiger partial charge in [-0.25, -0.2) is 0 Å². The lowest BCUT2D eigenvalue weighted by Gasteiger charge is -2.18. The summed E-state index contributed by atoms with van der Waals surface area (Å²) in [6.07, 6.45) is 2.20. The highest BCUT2D eigenvalue weighted by Gasteiger charge is 2.16. The van der Waals surface area contributed by atoms with Crippen molar-refractivity contribution in [3.05, 3.63) is 64.8 Å². The van der Waals surface area contributed by atoms with Crippen molar-refractivity contribution in [1.82, 2.24) is 14.4 Å². The molecule has 0 saturated heterocycles. The molecule has 0 unspecified atom stereocenters. The maximum Gasteiger partial charge on any atom is 0.128 e. The fourth-order valence-corrected chi connectivity index (χ4v) is 3.87. The van der Waals surface area contributed by atoms with Crippen LogP contribution in [-0.2, 0) is 20.1 Å². The molecule has 0 saturated carbocycles. The number of aryl methyl sites for hydroxylation is 1. The fraction of sp³-hybridized carbons (Fsp3) is 0.417. The van der Waals surface area contributed by atoms with E-state index in [1.165, 1.54) is 28.6 Å². The molecule has 0 N–H and O–H groups in total. The SMILES string of the molecule is CN(C)CCCN(C)CCc1c(COc2ccc(Cl)cc2)n(C)c2ccccc12.Cl.Cl. The van der Waals surface area contributed by atoms with E-state index in [0.717, 1.165) is 36.8 Å². The van der Waals surface area contributed by atoms with Crippen LogP contribution in [0.4, 0.5) is 0 Å². The molecule has 0 amide bonds. The Morgan fingerprint density at radius 2 is 1.58 bits per heavy atom. The fourth-order valence-electron chi connectivity index (χ4n) is 3.74. The van der Waals surface area contributed by atoms with Crippen LogP contribution in [0.15, 0.2) is 48.5 Å². The largest absolute Gasteiger partial charge is 0.487 e. The number of ether oxygens (including phenoxy) is 1. The number of para-hydroxylation sites is 1. The predicted molar refractivity (Wildman–Crippen MR) is 138 cm³/mol. The van der Waals surface area contributed by atoms with Gasteiger partial charge in [0, 0.05) is 29.5 Å². The molecule has 0 spiro atoms. The first-order chi connectivity index (χ1) is 14.0. The third kappa shape index (κ3) is 7.58. The van der Waals surface area contributed by atoms with E-state index in [2.05, 4.69) is 66.8 Å². The number of likely N-dealkylation sites (N-methyl/N-ethyl adjacent to an activating group) is 1. The highest BCUT2D eigenvalue weighted by atomic mass is 35.5. The topological polar surface area (TPSA) is 20.6 Å². The molecule has 3 aromatic rings. The molecule has 2 aromatic carbocycles. The minimum Gasteiger partial charge on any atom is -0.487 e. The molecule has 3 rings (SSSR count). The molecule has 1 aromatic heterocycles. The van der Waals surface area contributed by atoms with E-state index in [9.17, 15) is 0 Å². The number of hydrogen-bond acceptors (Lipinski definition) is 3. The zero-order valence-corrected chi connectivity index (χ0v) is 21.2. The van der Waals surface area contributed by atoms with Crippen molar-refractivity contribution < 1.29 is 4.74 Å². The van der Waals surface area contributed by atoms with Crippen LogP contribution in [-0.4, -0.2) is 55.1 Å². The Labute approximate surface area is 203 Å². The van der Waals surface area contributed by atoms with Crippen LogP contribution in [0.25, 0.3) is 10.9 Å². The van der Waals surface area contributed by atoms with Crippen LogP contribution in [0.2, 0.25) is 5.02 Å². The number of benzene rings is 2. The van der Waals surface area contributed by atoms with Crippen molar-refractivity contribution in [2.45, 2.75) is 19.4 Å². The summed E-state index contributed by atoms with van der Waals surface area (Å²) in [6, 6.07) is 16.2. The Hall–Kier alpha value is -1.43. The molecule has 0 atom stereocenters. The molecule has 1 heterocycles. The second-order valence-electron chi connectivity index (χ2n) is 7.95. The van der Waals surface area contributed by atoms with Crippen LogP contribution in [0.1, 0.15) is 17.7 Å². The van der Waals surface area contributed by atoms with Gasteiger partial charge in [0.25, 0.3) is 0 Å². The second kappa shape index (κ2) is 13.2. The highest BCUT2D eigenvalue weighted by Crippen LogP contribution is 2.27. The third-order valence-corrected chi connectivity index (χ3v) is 5.67. The Morgan fingerprint density at radius 3 is 2.26 bits per heavy atom. The van der Waals surface area contributed by atoms with Gasteiger partial charge in [0.15, 0.2) is 0 Å². The van der Waals surface area contributed by atoms with Gasteiger partial charge in [-0.05, 0) is 83.0 Å². The molecule has 31 heavy (non-hydrogen) atoms. The summed E-state index contributed by atoms with van der Waals surface area (Å²) in [6.45, 7) is 3.82. The summed E-state index contributed by atoms with van der Waals surface area (Å²) < 4.78 is 8.37. The van der Waals surface area contributed by atoms with Gasteiger partial charge in [0.2, 0.25) is 0 Å². The standard InChI is InChI=1S/C24H32ClN3O.2ClH/c1-26(2)15-7-16-27(3)17-14-22-21-8-5-6-9-23(21)28(4)24(22)18-29-20-12-10-19(25)11-13-20;;/h5-6,8-13H,7,14-18H2,1-4H3;2*1H. The predicted octanol–water partition coefficient (Wildman–Crippen LogP) is 5.68. The first-order valence-electron chi connectivity index (χ1n) is 10.2. The molecular weight excluding hydrogens is 453 g/mol. The summed E-state index contributed by atoms with van der Waals surface area (Å²) >= 11 is 5.99. The maximum atomic E-state index is 6.10. The molecule has 0 radical (unpaired) electrons. The Kier molecular flexibility index (Phi) is 11.7. The van der Waals surface area contributed by atoms with E-state index in [4.69, 9.17) is 16.3 Å². The highest BCUT2D eigenvalue weighted by molar-refractivity contribution is 6.30. The van der Waals surface area contributed by atoms with Crippen molar-refractivity contribution in [2.75, 3.05) is 40.8 Å². The average molecular weight is 487 g/mol. The molecule has 0 aliphatic heterocycles. The van der Waals surface area contributed by atoms with Crippen molar-refractivity contribution >= 4 is 47.3 Å². The lowest BCUT2D eigenvalue weighted by atomic mass is 10.1. The van der Waals surface area contributed by atoms with E-state index in [1.54, 1.807) is 0 Å². The smallest absolute Gasteiger partial charge is 0.128 e. The number of nitrogens with zero attached hydrogens (tertiary/aromatic N) is 3. The summed E-state index contributed by atoms with van der Waals surface area (Å²) in [7, 11) is 8.60.